The van der Waals surface area contributed by atoms with Crippen LogP contribution in [0.5, 0.6) is 0 Å². The number of aromatic nitrogens is 1. The molecule has 1 unspecified atom stereocenters. The van der Waals surface area contributed by atoms with Crippen LogP contribution in [0, 0.1) is 6.92 Å². The molecule has 0 aliphatic carbocycles. The van der Waals surface area contributed by atoms with Crippen molar-refractivity contribution >= 4 is 11.6 Å². The third-order valence-corrected chi connectivity index (χ3v) is 3.22. The first-order valence-corrected chi connectivity index (χ1v) is 6.49. The number of nitrogens with one attached hydrogen (secondary N) is 1. The van der Waals surface area contributed by atoms with Gasteiger partial charge in [0.1, 0.15) is 0 Å². The lowest BCUT2D eigenvalue weighted by molar-refractivity contribution is 0.625. The zero-order valence-corrected chi connectivity index (χ0v) is 11.4. The van der Waals surface area contributed by atoms with Crippen molar-refractivity contribution in [1.82, 2.24) is 10.3 Å². The standard InChI is InChI=1S/C15H17ClN2/c1-3-18-15(12-5-4-6-13(16)9-12)14-10-17-8-7-11(14)2/h4-10,15,18H,3H2,1-2H3. The van der Waals surface area contributed by atoms with E-state index in [-0.39, 0.29) is 6.04 Å². The monoisotopic (exact) mass is 260 g/mol. The first-order valence-electron chi connectivity index (χ1n) is 6.11. The zero-order valence-electron chi connectivity index (χ0n) is 10.7. The normalized spacial score (nSPS) is 12.4. The Hall–Kier alpha value is -1.38. The first-order chi connectivity index (χ1) is 8.72. The number of rotatable bonds is 4. The summed E-state index contributed by atoms with van der Waals surface area (Å²) in [6.07, 6.45) is 3.74. The first kappa shape index (κ1) is 13.1. The Morgan fingerprint density at radius 1 is 1.33 bits per heavy atom. The molecule has 1 heterocycles. The van der Waals surface area contributed by atoms with Crippen molar-refractivity contribution in [2.24, 2.45) is 0 Å². The van der Waals surface area contributed by atoms with Crippen molar-refractivity contribution in [2.75, 3.05) is 6.54 Å². The molecule has 1 aromatic heterocycles. The van der Waals surface area contributed by atoms with Gasteiger partial charge in [-0.25, -0.2) is 0 Å². The van der Waals surface area contributed by atoms with Crippen LogP contribution in [-0.2, 0) is 0 Å². The molecule has 1 aromatic carbocycles. The largest absolute Gasteiger partial charge is 0.306 e. The van der Waals surface area contributed by atoms with Crippen LogP contribution in [0.1, 0.15) is 29.7 Å². The van der Waals surface area contributed by atoms with Crippen molar-refractivity contribution in [3.05, 3.63) is 64.4 Å². The van der Waals surface area contributed by atoms with Gasteiger partial charge in [0, 0.05) is 17.4 Å². The maximum absolute atomic E-state index is 6.07. The van der Waals surface area contributed by atoms with E-state index >= 15 is 0 Å². The van der Waals surface area contributed by atoms with E-state index in [1.54, 1.807) is 0 Å². The second-order valence-electron chi connectivity index (χ2n) is 4.28. The Morgan fingerprint density at radius 2 is 2.17 bits per heavy atom. The van der Waals surface area contributed by atoms with Gasteiger partial charge in [-0.3, -0.25) is 4.98 Å². The van der Waals surface area contributed by atoms with Crippen molar-refractivity contribution in [3.63, 3.8) is 0 Å². The average molecular weight is 261 g/mol. The fraction of sp³-hybridized carbons (Fsp3) is 0.267. The molecule has 1 N–H and O–H groups in total. The van der Waals surface area contributed by atoms with Crippen molar-refractivity contribution in [2.45, 2.75) is 19.9 Å². The summed E-state index contributed by atoms with van der Waals surface area (Å²) in [4.78, 5) is 4.22. The van der Waals surface area contributed by atoms with E-state index in [1.807, 2.05) is 36.7 Å². The van der Waals surface area contributed by atoms with Gasteiger partial charge < -0.3 is 5.32 Å². The molecule has 0 aliphatic rings. The van der Waals surface area contributed by atoms with Crippen LogP contribution >= 0.6 is 11.6 Å². The van der Waals surface area contributed by atoms with E-state index in [9.17, 15) is 0 Å². The molecule has 0 fully saturated rings. The molecule has 0 saturated carbocycles. The number of halogens is 1. The Labute approximate surface area is 113 Å². The van der Waals surface area contributed by atoms with Gasteiger partial charge in [-0.05, 0) is 48.4 Å². The highest BCUT2D eigenvalue weighted by Crippen LogP contribution is 2.25. The molecule has 0 bridgehead atoms. The second-order valence-corrected chi connectivity index (χ2v) is 4.71. The Bertz CT molecular complexity index is 525. The van der Waals surface area contributed by atoms with Gasteiger partial charge >= 0.3 is 0 Å². The van der Waals surface area contributed by atoms with E-state index in [0.29, 0.717) is 0 Å². The highest BCUT2D eigenvalue weighted by atomic mass is 35.5. The summed E-state index contributed by atoms with van der Waals surface area (Å²) in [7, 11) is 0. The highest BCUT2D eigenvalue weighted by Gasteiger charge is 2.15. The summed E-state index contributed by atoms with van der Waals surface area (Å²) in [5.74, 6) is 0. The van der Waals surface area contributed by atoms with Crippen molar-refractivity contribution in [3.8, 4) is 0 Å². The number of hydrogen-bond donors (Lipinski definition) is 1. The van der Waals surface area contributed by atoms with E-state index < -0.39 is 0 Å². The molecule has 2 aromatic rings. The van der Waals surface area contributed by atoms with Crippen molar-refractivity contribution < 1.29 is 0 Å². The number of nitrogens with zero attached hydrogens (tertiary/aromatic N) is 1. The highest BCUT2D eigenvalue weighted by molar-refractivity contribution is 6.30. The van der Waals surface area contributed by atoms with Crippen LogP contribution in [0.15, 0.2) is 42.7 Å². The topological polar surface area (TPSA) is 24.9 Å². The minimum Gasteiger partial charge on any atom is -0.306 e. The second kappa shape index (κ2) is 5.98. The minimum absolute atomic E-state index is 0.141. The molecular formula is C15H17ClN2. The summed E-state index contributed by atoms with van der Waals surface area (Å²) in [6, 6.07) is 10.1. The average Bonchev–Trinajstić information content (AvgIpc) is 2.37. The van der Waals surface area contributed by atoms with E-state index in [0.717, 1.165) is 11.6 Å². The summed E-state index contributed by atoms with van der Waals surface area (Å²) >= 11 is 6.07. The summed E-state index contributed by atoms with van der Waals surface area (Å²) in [5, 5.41) is 4.25. The third-order valence-electron chi connectivity index (χ3n) is 2.98. The molecule has 18 heavy (non-hydrogen) atoms. The van der Waals surface area contributed by atoms with E-state index in [4.69, 9.17) is 11.6 Å². The van der Waals surface area contributed by atoms with Crippen LogP contribution in [0.4, 0.5) is 0 Å². The Morgan fingerprint density at radius 3 is 2.83 bits per heavy atom. The van der Waals surface area contributed by atoms with Crippen LogP contribution in [-0.4, -0.2) is 11.5 Å². The smallest absolute Gasteiger partial charge is 0.0595 e. The lowest BCUT2D eigenvalue weighted by atomic mass is 9.97. The molecule has 1 atom stereocenters. The van der Waals surface area contributed by atoms with Crippen LogP contribution in [0.25, 0.3) is 0 Å². The molecule has 0 saturated heterocycles. The predicted molar refractivity (Wildman–Crippen MR) is 75.9 cm³/mol. The van der Waals surface area contributed by atoms with Gasteiger partial charge in [0.2, 0.25) is 0 Å². The van der Waals surface area contributed by atoms with E-state index in [2.05, 4.69) is 30.2 Å². The van der Waals surface area contributed by atoms with Gasteiger partial charge in [0.15, 0.2) is 0 Å². The van der Waals surface area contributed by atoms with Gasteiger partial charge in [-0.1, -0.05) is 30.7 Å². The van der Waals surface area contributed by atoms with Crippen LogP contribution in [0.3, 0.4) is 0 Å². The van der Waals surface area contributed by atoms with Gasteiger partial charge in [0.25, 0.3) is 0 Å². The molecule has 94 valence electrons. The number of benzene rings is 1. The molecule has 3 heteroatoms. The molecule has 0 spiro atoms. The van der Waals surface area contributed by atoms with Gasteiger partial charge in [-0.15, -0.1) is 0 Å². The lowest BCUT2D eigenvalue weighted by Gasteiger charge is -2.20. The van der Waals surface area contributed by atoms with Gasteiger partial charge in [0.05, 0.1) is 6.04 Å². The summed E-state index contributed by atoms with van der Waals surface area (Å²) in [6.45, 7) is 5.10. The minimum atomic E-state index is 0.141. The molecule has 0 aliphatic heterocycles. The Balaban J connectivity index is 2.43. The fourth-order valence-corrected chi connectivity index (χ4v) is 2.27. The SMILES string of the molecule is CCNC(c1cccc(Cl)c1)c1cnccc1C. The quantitative estimate of drug-likeness (QED) is 0.906. The Kier molecular flexibility index (Phi) is 4.34. The fourth-order valence-electron chi connectivity index (χ4n) is 2.08. The molecule has 0 amide bonds. The zero-order chi connectivity index (χ0) is 13.0. The lowest BCUT2D eigenvalue weighted by Crippen LogP contribution is -2.22. The molecule has 2 nitrogen and oxygen atoms in total. The van der Waals surface area contributed by atoms with Crippen molar-refractivity contribution in [1.29, 1.82) is 0 Å². The summed E-state index contributed by atoms with van der Waals surface area (Å²) < 4.78 is 0. The maximum atomic E-state index is 6.07. The maximum Gasteiger partial charge on any atom is 0.0595 e. The van der Waals surface area contributed by atoms with Gasteiger partial charge in [-0.2, -0.15) is 0 Å². The van der Waals surface area contributed by atoms with Crippen LogP contribution in [0.2, 0.25) is 5.02 Å². The van der Waals surface area contributed by atoms with Crippen LogP contribution < -0.4 is 5.32 Å². The number of pyridine rings is 1. The molecule has 2 rings (SSSR count). The molecule has 0 radical (unpaired) electrons. The molecular weight excluding hydrogens is 244 g/mol. The summed E-state index contributed by atoms with van der Waals surface area (Å²) in [5.41, 5.74) is 3.60. The number of hydrogen-bond acceptors (Lipinski definition) is 2. The van der Waals surface area contributed by atoms with E-state index in [1.165, 1.54) is 16.7 Å². The third kappa shape index (κ3) is 2.89. The number of aryl methyl sites for hydroxylation is 1. The predicted octanol–water partition coefficient (Wildman–Crippen LogP) is 3.74.